The molecule has 6 heteroatoms. The third-order valence-corrected chi connectivity index (χ3v) is 2.38. The summed E-state index contributed by atoms with van der Waals surface area (Å²) in [5.74, 6) is -1.82. The quantitative estimate of drug-likeness (QED) is 0.715. The van der Waals surface area contributed by atoms with E-state index in [0.717, 1.165) is 0 Å². The van der Waals surface area contributed by atoms with Crippen LogP contribution in [0.5, 0.6) is 0 Å². The fourth-order valence-corrected chi connectivity index (χ4v) is 1.55. The predicted octanol–water partition coefficient (Wildman–Crippen LogP) is 0.899. The lowest BCUT2D eigenvalue weighted by molar-refractivity contribution is -0.136. The SMILES string of the molecule is CCNC(=O)C(=O)Nc1ccccc1C(=O)NC(C)C. The van der Waals surface area contributed by atoms with Crippen LogP contribution in [0, 0.1) is 0 Å². The van der Waals surface area contributed by atoms with E-state index < -0.39 is 11.8 Å². The molecule has 3 N–H and O–H groups in total. The Morgan fingerprint density at radius 2 is 1.75 bits per heavy atom. The van der Waals surface area contributed by atoms with E-state index in [4.69, 9.17) is 0 Å². The van der Waals surface area contributed by atoms with Crippen molar-refractivity contribution in [2.24, 2.45) is 0 Å². The highest BCUT2D eigenvalue weighted by Gasteiger charge is 2.17. The molecule has 0 aliphatic carbocycles. The molecule has 0 radical (unpaired) electrons. The van der Waals surface area contributed by atoms with Crippen LogP contribution in [0.15, 0.2) is 24.3 Å². The Morgan fingerprint density at radius 1 is 1.10 bits per heavy atom. The van der Waals surface area contributed by atoms with Crippen LogP contribution in [-0.2, 0) is 9.59 Å². The van der Waals surface area contributed by atoms with Crippen LogP contribution in [0.4, 0.5) is 5.69 Å². The topological polar surface area (TPSA) is 87.3 Å². The number of hydrogen-bond donors (Lipinski definition) is 3. The first-order chi connectivity index (χ1) is 9.45. The van der Waals surface area contributed by atoms with Crippen molar-refractivity contribution in [3.05, 3.63) is 29.8 Å². The molecule has 0 unspecified atom stereocenters. The number of amides is 3. The second-order valence-electron chi connectivity index (χ2n) is 4.49. The molecule has 0 saturated carbocycles. The highest BCUT2D eigenvalue weighted by atomic mass is 16.2. The molecule has 6 nitrogen and oxygen atoms in total. The molecule has 0 aromatic heterocycles. The molecule has 0 fully saturated rings. The van der Waals surface area contributed by atoms with Crippen LogP contribution in [-0.4, -0.2) is 30.3 Å². The van der Waals surface area contributed by atoms with Crippen LogP contribution < -0.4 is 16.0 Å². The normalized spacial score (nSPS) is 10.0. The number of carbonyl (C=O) groups excluding carboxylic acids is 3. The van der Waals surface area contributed by atoms with Crippen molar-refractivity contribution in [1.82, 2.24) is 10.6 Å². The van der Waals surface area contributed by atoms with Gasteiger partial charge in [0, 0.05) is 12.6 Å². The van der Waals surface area contributed by atoms with Gasteiger partial charge in [-0.1, -0.05) is 12.1 Å². The molecule has 3 amide bonds. The van der Waals surface area contributed by atoms with Crippen molar-refractivity contribution in [1.29, 1.82) is 0 Å². The summed E-state index contributed by atoms with van der Waals surface area (Å²) >= 11 is 0. The van der Waals surface area contributed by atoms with Gasteiger partial charge < -0.3 is 16.0 Å². The summed E-state index contributed by atoms with van der Waals surface area (Å²) in [6, 6.07) is 6.52. The smallest absolute Gasteiger partial charge is 0.313 e. The van der Waals surface area contributed by atoms with Crippen molar-refractivity contribution < 1.29 is 14.4 Å². The van der Waals surface area contributed by atoms with Crippen LogP contribution in [0.1, 0.15) is 31.1 Å². The van der Waals surface area contributed by atoms with Crippen LogP contribution in [0.3, 0.4) is 0 Å². The maximum atomic E-state index is 12.0. The van der Waals surface area contributed by atoms with E-state index in [2.05, 4.69) is 16.0 Å². The number of nitrogens with one attached hydrogen (secondary N) is 3. The number of para-hydroxylation sites is 1. The monoisotopic (exact) mass is 277 g/mol. The molecule has 1 aromatic rings. The molecule has 0 heterocycles. The van der Waals surface area contributed by atoms with Crippen molar-refractivity contribution in [2.45, 2.75) is 26.8 Å². The highest BCUT2D eigenvalue weighted by molar-refractivity contribution is 6.40. The summed E-state index contributed by atoms with van der Waals surface area (Å²) in [7, 11) is 0. The third kappa shape index (κ3) is 4.38. The van der Waals surface area contributed by atoms with E-state index in [1.807, 2.05) is 13.8 Å². The predicted molar refractivity (Wildman–Crippen MR) is 76.4 cm³/mol. The Kier molecular flexibility index (Phi) is 5.71. The first kappa shape index (κ1) is 15.7. The zero-order valence-corrected chi connectivity index (χ0v) is 11.8. The minimum atomic E-state index is -0.795. The Balaban J connectivity index is 2.88. The van der Waals surface area contributed by atoms with Crippen LogP contribution >= 0.6 is 0 Å². The first-order valence-corrected chi connectivity index (χ1v) is 6.44. The Labute approximate surface area is 117 Å². The van der Waals surface area contributed by atoms with Gasteiger partial charge in [0.25, 0.3) is 5.91 Å². The fraction of sp³-hybridized carbons (Fsp3) is 0.357. The molecular formula is C14H19N3O3. The fourth-order valence-electron chi connectivity index (χ4n) is 1.55. The van der Waals surface area contributed by atoms with Gasteiger partial charge in [-0.05, 0) is 32.9 Å². The molecule has 0 aliphatic heterocycles. The van der Waals surface area contributed by atoms with Gasteiger partial charge in [0.2, 0.25) is 0 Å². The van der Waals surface area contributed by atoms with Crippen molar-refractivity contribution in [2.75, 3.05) is 11.9 Å². The lowest BCUT2D eigenvalue weighted by Crippen LogP contribution is -2.36. The Hall–Kier alpha value is -2.37. The maximum absolute atomic E-state index is 12.0. The molecule has 1 rings (SSSR count). The minimum Gasteiger partial charge on any atom is -0.350 e. The molecule has 20 heavy (non-hydrogen) atoms. The van der Waals surface area contributed by atoms with E-state index in [1.165, 1.54) is 0 Å². The zero-order chi connectivity index (χ0) is 15.1. The van der Waals surface area contributed by atoms with Crippen LogP contribution in [0.25, 0.3) is 0 Å². The summed E-state index contributed by atoms with van der Waals surface area (Å²) in [5, 5.41) is 7.57. The number of likely N-dealkylation sites (N-methyl/N-ethyl adjacent to an activating group) is 1. The second-order valence-corrected chi connectivity index (χ2v) is 4.49. The molecule has 0 saturated heterocycles. The van der Waals surface area contributed by atoms with E-state index in [-0.39, 0.29) is 11.9 Å². The summed E-state index contributed by atoms with van der Waals surface area (Å²) < 4.78 is 0. The number of anilines is 1. The molecule has 0 atom stereocenters. The summed E-state index contributed by atoms with van der Waals surface area (Å²) in [4.78, 5) is 35.0. The average molecular weight is 277 g/mol. The molecular weight excluding hydrogens is 258 g/mol. The number of hydrogen-bond acceptors (Lipinski definition) is 3. The van der Waals surface area contributed by atoms with Crippen molar-refractivity contribution in [3.8, 4) is 0 Å². The zero-order valence-electron chi connectivity index (χ0n) is 11.8. The second kappa shape index (κ2) is 7.28. The average Bonchev–Trinajstić information content (AvgIpc) is 2.38. The van der Waals surface area contributed by atoms with Gasteiger partial charge in [-0.3, -0.25) is 14.4 Å². The number of benzene rings is 1. The molecule has 108 valence electrons. The first-order valence-electron chi connectivity index (χ1n) is 6.44. The standard InChI is InChI=1S/C14H19N3O3/c1-4-15-13(19)14(20)17-11-8-6-5-7-10(11)12(18)16-9(2)3/h5-9H,4H2,1-3H3,(H,15,19)(H,16,18)(H,17,20). The molecule has 0 spiro atoms. The van der Waals surface area contributed by atoms with Gasteiger partial charge >= 0.3 is 11.8 Å². The lowest BCUT2D eigenvalue weighted by Gasteiger charge is -2.12. The Morgan fingerprint density at radius 3 is 2.35 bits per heavy atom. The minimum absolute atomic E-state index is 0.0188. The summed E-state index contributed by atoms with van der Waals surface area (Å²) in [6.07, 6.45) is 0. The number of carbonyl (C=O) groups is 3. The van der Waals surface area contributed by atoms with Gasteiger partial charge in [0.05, 0.1) is 11.3 Å². The van der Waals surface area contributed by atoms with E-state index in [0.29, 0.717) is 17.8 Å². The van der Waals surface area contributed by atoms with Gasteiger partial charge in [-0.15, -0.1) is 0 Å². The molecule has 0 bridgehead atoms. The lowest BCUT2D eigenvalue weighted by atomic mass is 10.1. The maximum Gasteiger partial charge on any atom is 0.313 e. The Bertz CT molecular complexity index is 512. The van der Waals surface area contributed by atoms with Gasteiger partial charge in [0.1, 0.15) is 0 Å². The summed E-state index contributed by atoms with van der Waals surface area (Å²) in [6.45, 7) is 5.76. The van der Waals surface area contributed by atoms with E-state index in [1.54, 1.807) is 31.2 Å². The third-order valence-electron chi connectivity index (χ3n) is 2.38. The van der Waals surface area contributed by atoms with Crippen LogP contribution in [0.2, 0.25) is 0 Å². The van der Waals surface area contributed by atoms with E-state index >= 15 is 0 Å². The van der Waals surface area contributed by atoms with Gasteiger partial charge in [0.15, 0.2) is 0 Å². The molecule has 1 aromatic carbocycles. The number of rotatable bonds is 4. The molecule has 0 aliphatic rings. The van der Waals surface area contributed by atoms with Crippen molar-refractivity contribution >= 4 is 23.4 Å². The van der Waals surface area contributed by atoms with Crippen molar-refractivity contribution in [3.63, 3.8) is 0 Å². The summed E-state index contributed by atoms with van der Waals surface area (Å²) in [5.41, 5.74) is 0.626. The van der Waals surface area contributed by atoms with Gasteiger partial charge in [-0.2, -0.15) is 0 Å². The highest BCUT2D eigenvalue weighted by Crippen LogP contribution is 2.15. The largest absolute Gasteiger partial charge is 0.350 e. The van der Waals surface area contributed by atoms with E-state index in [9.17, 15) is 14.4 Å². The van der Waals surface area contributed by atoms with Gasteiger partial charge in [-0.25, -0.2) is 0 Å².